The smallest absolute Gasteiger partial charge is 0.353 e. The highest BCUT2D eigenvalue weighted by Gasteiger charge is 2.16. The van der Waals surface area contributed by atoms with E-state index in [2.05, 4.69) is 0 Å². The van der Waals surface area contributed by atoms with Crippen LogP contribution in [-0.2, 0) is 0 Å². The van der Waals surface area contributed by atoms with Gasteiger partial charge >= 0.3 is 11.6 Å². The molecule has 6 heteroatoms. The molecule has 4 aromatic rings. The van der Waals surface area contributed by atoms with Crippen LogP contribution in [0.2, 0.25) is 5.02 Å². The van der Waals surface area contributed by atoms with Gasteiger partial charge in [0, 0.05) is 17.5 Å². The van der Waals surface area contributed by atoms with Crippen LogP contribution in [0.1, 0.15) is 9.67 Å². The van der Waals surface area contributed by atoms with Gasteiger partial charge in [-0.05, 0) is 28.6 Å². The lowest BCUT2D eigenvalue weighted by Crippen LogP contribution is -2.07. The molecule has 2 aromatic carbocycles. The second kappa shape index (κ2) is 6.78. The van der Waals surface area contributed by atoms with Gasteiger partial charge in [0.2, 0.25) is 0 Å². The Morgan fingerprint density at radius 1 is 1.04 bits per heavy atom. The average molecular weight is 383 g/mol. The van der Waals surface area contributed by atoms with E-state index in [1.165, 1.54) is 23.5 Å². The number of rotatable bonds is 3. The SMILES string of the molecule is O=C(Oc1cc2oc(=O)cc(-c3ccccc3)c2cc1Cl)c1cccs1. The maximum absolute atomic E-state index is 12.2. The minimum atomic E-state index is -0.511. The normalized spacial score (nSPS) is 10.8. The highest BCUT2D eigenvalue weighted by atomic mass is 35.5. The fourth-order valence-corrected chi connectivity index (χ4v) is 3.44. The van der Waals surface area contributed by atoms with E-state index in [1.54, 1.807) is 23.6 Å². The average Bonchev–Trinajstić information content (AvgIpc) is 3.18. The van der Waals surface area contributed by atoms with Crippen LogP contribution in [0.3, 0.4) is 0 Å². The van der Waals surface area contributed by atoms with Crippen molar-refractivity contribution in [2.24, 2.45) is 0 Å². The van der Waals surface area contributed by atoms with E-state index in [9.17, 15) is 9.59 Å². The molecule has 0 aliphatic carbocycles. The van der Waals surface area contributed by atoms with Crippen LogP contribution in [0.25, 0.3) is 22.1 Å². The minimum Gasteiger partial charge on any atom is -0.423 e. The fraction of sp³-hybridized carbons (Fsp3) is 0. The Bertz CT molecular complexity index is 1150. The second-order valence-corrected chi connectivity index (χ2v) is 6.85. The third-order valence-corrected chi connectivity index (χ3v) is 4.95. The summed E-state index contributed by atoms with van der Waals surface area (Å²) in [5, 5.41) is 2.70. The lowest BCUT2D eigenvalue weighted by atomic mass is 10.0. The Morgan fingerprint density at radius 3 is 2.58 bits per heavy atom. The largest absolute Gasteiger partial charge is 0.423 e. The fourth-order valence-electron chi connectivity index (χ4n) is 2.64. The van der Waals surface area contributed by atoms with Crippen molar-refractivity contribution in [3.8, 4) is 16.9 Å². The Hall–Kier alpha value is -2.89. The van der Waals surface area contributed by atoms with Gasteiger partial charge in [-0.2, -0.15) is 0 Å². The van der Waals surface area contributed by atoms with Crippen LogP contribution in [0.4, 0.5) is 0 Å². The first-order chi connectivity index (χ1) is 12.6. The van der Waals surface area contributed by atoms with Crippen molar-refractivity contribution in [3.05, 3.63) is 86.4 Å². The molecule has 2 aromatic heterocycles. The molecule has 0 saturated heterocycles. The highest BCUT2D eigenvalue weighted by molar-refractivity contribution is 7.12. The lowest BCUT2D eigenvalue weighted by Gasteiger charge is -2.09. The predicted octanol–water partition coefficient (Wildman–Crippen LogP) is 5.39. The maximum Gasteiger partial charge on any atom is 0.353 e. The summed E-state index contributed by atoms with van der Waals surface area (Å²) in [6, 6.07) is 17.4. The quantitative estimate of drug-likeness (QED) is 0.270. The molecule has 0 bridgehead atoms. The number of hydrogen-bond donors (Lipinski definition) is 0. The molecular formula is C20H11ClO4S. The third-order valence-electron chi connectivity index (χ3n) is 3.81. The molecule has 2 heterocycles. The molecule has 0 aliphatic heterocycles. The standard InChI is InChI=1S/C20H11ClO4S/c21-15-9-14-13(12-5-2-1-3-6-12)10-19(22)24-16(14)11-17(15)25-20(23)18-7-4-8-26-18/h1-11H. The molecule has 4 nitrogen and oxygen atoms in total. The first-order valence-corrected chi connectivity index (χ1v) is 8.96. The van der Waals surface area contributed by atoms with Gasteiger partial charge in [-0.15, -0.1) is 11.3 Å². The van der Waals surface area contributed by atoms with Crippen LogP contribution in [0.15, 0.2) is 75.3 Å². The van der Waals surface area contributed by atoms with E-state index in [0.29, 0.717) is 21.4 Å². The summed E-state index contributed by atoms with van der Waals surface area (Å²) in [5.41, 5.74) is 1.38. The van der Waals surface area contributed by atoms with Gasteiger partial charge in [-0.1, -0.05) is 48.0 Å². The van der Waals surface area contributed by atoms with Crippen molar-refractivity contribution in [1.82, 2.24) is 0 Å². The number of hydrogen-bond acceptors (Lipinski definition) is 5. The lowest BCUT2D eigenvalue weighted by molar-refractivity contribution is 0.0740. The number of carbonyl (C=O) groups excluding carboxylic acids is 1. The van der Waals surface area contributed by atoms with Crippen LogP contribution in [0, 0.1) is 0 Å². The second-order valence-electron chi connectivity index (χ2n) is 5.49. The van der Waals surface area contributed by atoms with E-state index < -0.39 is 11.6 Å². The van der Waals surface area contributed by atoms with E-state index >= 15 is 0 Å². The molecule has 0 saturated carbocycles. The topological polar surface area (TPSA) is 56.5 Å². The number of halogens is 1. The summed E-state index contributed by atoms with van der Waals surface area (Å²) in [4.78, 5) is 24.6. The molecule has 4 rings (SSSR count). The van der Waals surface area contributed by atoms with Crippen LogP contribution < -0.4 is 10.4 Å². The van der Waals surface area contributed by atoms with Gasteiger partial charge in [0.25, 0.3) is 0 Å². The molecule has 0 unspecified atom stereocenters. The van der Waals surface area contributed by atoms with Crippen molar-refractivity contribution in [2.75, 3.05) is 0 Å². The van der Waals surface area contributed by atoms with Crippen molar-refractivity contribution in [3.63, 3.8) is 0 Å². The Morgan fingerprint density at radius 2 is 1.85 bits per heavy atom. The molecule has 0 N–H and O–H groups in total. The number of benzene rings is 2. The molecule has 128 valence electrons. The molecule has 0 amide bonds. The summed E-state index contributed by atoms with van der Waals surface area (Å²) >= 11 is 7.59. The molecular weight excluding hydrogens is 372 g/mol. The maximum atomic E-state index is 12.2. The molecule has 0 fully saturated rings. The molecule has 0 radical (unpaired) electrons. The van der Waals surface area contributed by atoms with Gasteiger partial charge in [-0.3, -0.25) is 0 Å². The zero-order valence-electron chi connectivity index (χ0n) is 13.3. The van der Waals surface area contributed by atoms with Crippen LogP contribution in [-0.4, -0.2) is 5.97 Å². The summed E-state index contributed by atoms with van der Waals surface area (Å²) < 4.78 is 10.6. The zero-order valence-corrected chi connectivity index (χ0v) is 14.8. The molecule has 0 aliphatic rings. The van der Waals surface area contributed by atoms with Gasteiger partial charge in [0.1, 0.15) is 10.5 Å². The number of esters is 1. The molecule has 0 spiro atoms. The Labute approximate surface area is 157 Å². The molecule has 0 atom stereocenters. The van der Waals surface area contributed by atoms with E-state index in [4.69, 9.17) is 20.8 Å². The number of carbonyl (C=O) groups is 1. The minimum absolute atomic E-state index is 0.144. The summed E-state index contributed by atoms with van der Waals surface area (Å²) in [6.07, 6.45) is 0. The van der Waals surface area contributed by atoms with Gasteiger partial charge in [0.15, 0.2) is 5.75 Å². The predicted molar refractivity (Wildman–Crippen MR) is 102 cm³/mol. The van der Waals surface area contributed by atoms with Gasteiger partial charge in [0.05, 0.1) is 5.02 Å². The zero-order chi connectivity index (χ0) is 18.1. The number of thiophene rings is 1. The highest BCUT2D eigenvalue weighted by Crippen LogP contribution is 2.35. The van der Waals surface area contributed by atoms with Gasteiger partial charge in [-0.25, -0.2) is 9.59 Å². The van der Waals surface area contributed by atoms with E-state index in [0.717, 1.165) is 5.56 Å². The third kappa shape index (κ3) is 3.14. The number of fused-ring (bicyclic) bond motifs is 1. The Kier molecular flexibility index (Phi) is 4.32. The van der Waals surface area contributed by atoms with Crippen molar-refractivity contribution >= 4 is 39.9 Å². The van der Waals surface area contributed by atoms with Crippen LogP contribution in [0.5, 0.6) is 5.75 Å². The van der Waals surface area contributed by atoms with Gasteiger partial charge < -0.3 is 9.15 Å². The summed E-state index contributed by atoms with van der Waals surface area (Å²) in [7, 11) is 0. The molecule has 26 heavy (non-hydrogen) atoms. The number of ether oxygens (including phenoxy) is 1. The Balaban J connectivity index is 1.83. The van der Waals surface area contributed by atoms with E-state index in [-0.39, 0.29) is 10.8 Å². The van der Waals surface area contributed by atoms with Crippen molar-refractivity contribution in [1.29, 1.82) is 0 Å². The van der Waals surface area contributed by atoms with Crippen LogP contribution >= 0.6 is 22.9 Å². The van der Waals surface area contributed by atoms with Crippen molar-refractivity contribution in [2.45, 2.75) is 0 Å². The van der Waals surface area contributed by atoms with E-state index in [1.807, 2.05) is 30.3 Å². The van der Waals surface area contributed by atoms with Crippen molar-refractivity contribution < 1.29 is 13.9 Å². The first kappa shape index (κ1) is 16.6. The first-order valence-electron chi connectivity index (χ1n) is 7.70. The summed E-state index contributed by atoms with van der Waals surface area (Å²) in [6.45, 7) is 0. The monoisotopic (exact) mass is 382 g/mol. The summed E-state index contributed by atoms with van der Waals surface area (Å²) in [5.74, 6) is -0.367.